The molecule has 168 valence electrons. The Morgan fingerprint density at radius 3 is 2.88 bits per heavy atom. The van der Waals surface area contributed by atoms with Crippen LogP contribution in [0, 0.1) is 0 Å². The van der Waals surface area contributed by atoms with E-state index in [-0.39, 0.29) is 5.60 Å². The predicted molar refractivity (Wildman–Crippen MR) is 125 cm³/mol. The summed E-state index contributed by atoms with van der Waals surface area (Å²) in [7, 11) is 0. The molecule has 1 fully saturated rings. The van der Waals surface area contributed by atoms with Crippen LogP contribution in [-0.2, 0) is 6.54 Å². The van der Waals surface area contributed by atoms with Crippen molar-refractivity contribution in [2.45, 2.75) is 51.8 Å². The molecule has 4 heterocycles. The van der Waals surface area contributed by atoms with Crippen molar-refractivity contribution in [3.63, 3.8) is 0 Å². The molecule has 2 aromatic heterocycles. The zero-order chi connectivity index (χ0) is 22.1. The van der Waals surface area contributed by atoms with Crippen molar-refractivity contribution in [3.05, 3.63) is 42.0 Å². The number of piperidine rings is 1. The smallest absolute Gasteiger partial charge is 0.182 e. The van der Waals surface area contributed by atoms with Crippen molar-refractivity contribution in [1.82, 2.24) is 24.8 Å². The summed E-state index contributed by atoms with van der Waals surface area (Å²) in [5.74, 6) is 2.51. The van der Waals surface area contributed by atoms with Crippen LogP contribution in [0.2, 0.25) is 0 Å². The minimum Gasteiger partial charge on any atom is -0.490 e. The Hall–Kier alpha value is -3.13. The first kappa shape index (κ1) is 20.8. The average Bonchev–Trinajstić information content (AvgIpc) is 3.26. The number of likely N-dealkylation sites (tertiary alicyclic amines) is 1. The van der Waals surface area contributed by atoms with Gasteiger partial charge in [-0.05, 0) is 57.4 Å². The van der Waals surface area contributed by atoms with Crippen molar-refractivity contribution in [2.75, 3.05) is 25.0 Å². The van der Waals surface area contributed by atoms with Gasteiger partial charge in [-0.15, -0.1) is 0 Å². The third kappa shape index (κ3) is 4.27. The molecule has 0 bridgehead atoms. The fourth-order valence-electron chi connectivity index (χ4n) is 4.42. The van der Waals surface area contributed by atoms with Crippen LogP contribution >= 0.6 is 0 Å². The second kappa shape index (κ2) is 8.43. The topological polar surface area (TPSA) is 88.2 Å². The number of nitrogens with zero attached hydrogens (tertiary/aromatic N) is 4. The number of hydrogen-bond acceptors (Lipinski definition) is 7. The minimum atomic E-state index is -0.319. The van der Waals surface area contributed by atoms with Crippen LogP contribution in [0.1, 0.15) is 44.7 Å². The molecular weight excluding hydrogens is 404 g/mol. The van der Waals surface area contributed by atoms with E-state index >= 15 is 0 Å². The Morgan fingerprint density at radius 2 is 2.06 bits per heavy atom. The van der Waals surface area contributed by atoms with Gasteiger partial charge in [0.2, 0.25) is 0 Å². The molecule has 2 aliphatic rings. The number of fused-ring (bicyclic) bond motifs is 2. The molecule has 0 radical (unpaired) electrons. The van der Waals surface area contributed by atoms with E-state index in [2.05, 4.69) is 68.3 Å². The van der Waals surface area contributed by atoms with E-state index in [9.17, 15) is 0 Å². The van der Waals surface area contributed by atoms with E-state index < -0.39 is 0 Å². The zero-order valence-electron chi connectivity index (χ0n) is 18.9. The Kier molecular flexibility index (Phi) is 5.46. The first-order chi connectivity index (χ1) is 15.5. The molecule has 1 aromatic carbocycles. The number of hydrogen-bond donors (Lipinski definition) is 2. The van der Waals surface area contributed by atoms with Crippen molar-refractivity contribution in [2.24, 2.45) is 0 Å². The number of aromatic nitrogens is 4. The lowest BCUT2D eigenvalue weighted by molar-refractivity contribution is 0.149. The maximum Gasteiger partial charge on any atom is 0.182 e. The molecule has 0 spiro atoms. The van der Waals surface area contributed by atoms with Crippen LogP contribution in [-0.4, -0.2) is 56.2 Å². The molecule has 0 atom stereocenters. The lowest BCUT2D eigenvalue weighted by Crippen LogP contribution is -2.38. The highest BCUT2D eigenvalue weighted by molar-refractivity contribution is 5.82. The predicted octanol–water partition coefficient (Wildman–Crippen LogP) is 4.01. The summed E-state index contributed by atoms with van der Waals surface area (Å²) in [5.41, 5.74) is 3.58. The van der Waals surface area contributed by atoms with Gasteiger partial charge in [0.15, 0.2) is 23.0 Å². The number of anilines is 1. The summed E-state index contributed by atoms with van der Waals surface area (Å²) < 4.78 is 12.1. The maximum absolute atomic E-state index is 6.19. The molecular formula is C24H30N6O2. The molecule has 0 aliphatic carbocycles. The second-order valence-electron chi connectivity index (χ2n) is 9.00. The summed E-state index contributed by atoms with van der Waals surface area (Å²) >= 11 is 0. The third-order valence-electron chi connectivity index (χ3n) is 6.03. The average molecular weight is 435 g/mol. The van der Waals surface area contributed by atoms with Crippen LogP contribution in [0.3, 0.4) is 0 Å². The van der Waals surface area contributed by atoms with Gasteiger partial charge in [-0.1, -0.05) is 6.08 Å². The van der Waals surface area contributed by atoms with Gasteiger partial charge in [0.05, 0.1) is 12.9 Å². The van der Waals surface area contributed by atoms with Gasteiger partial charge in [-0.3, -0.25) is 4.90 Å². The van der Waals surface area contributed by atoms with Gasteiger partial charge < -0.3 is 19.8 Å². The number of rotatable bonds is 6. The third-order valence-corrected chi connectivity index (χ3v) is 6.03. The fourth-order valence-corrected chi connectivity index (χ4v) is 4.42. The SMILES string of the molecule is CCOc1cc(CN2CCC(Nc3ncnc4nc[nH]c34)CC2)cc2c1OC(C)(C)C=C2. The van der Waals surface area contributed by atoms with Gasteiger partial charge in [-0.2, -0.15) is 0 Å². The first-order valence-corrected chi connectivity index (χ1v) is 11.3. The van der Waals surface area contributed by atoms with E-state index in [1.165, 1.54) is 5.56 Å². The molecule has 8 nitrogen and oxygen atoms in total. The molecule has 5 rings (SSSR count). The molecule has 0 amide bonds. The number of aromatic amines is 1. The molecule has 1 saturated heterocycles. The lowest BCUT2D eigenvalue weighted by atomic mass is 9.99. The van der Waals surface area contributed by atoms with E-state index in [0.29, 0.717) is 18.3 Å². The lowest BCUT2D eigenvalue weighted by Gasteiger charge is -2.33. The van der Waals surface area contributed by atoms with Crippen molar-refractivity contribution < 1.29 is 9.47 Å². The van der Waals surface area contributed by atoms with Gasteiger partial charge >= 0.3 is 0 Å². The molecule has 2 aliphatic heterocycles. The Labute approximate surface area is 188 Å². The van der Waals surface area contributed by atoms with Crippen LogP contribution in [0.5, 0.6) is 11.5 Å². The highest BCUT2D eigenvalue weighted by atomic mass is 16.5. The highest BCUT2D eigenvalue weighted by Crippen LogP contribution is 2.40. The number of ether oxygens (including phenoxy) is 2. The number of imidazole rings is 1. The summed E-state index contributed by atoms with van der Waals surface area (Å²) in [6.45, 7) is 9.70. The molecule has 0 unspecified atom stereocenters. The summed E-state index contributed by atoms with van der Waals surface area (Å²) in [6.07, 6.45) is 9.59. The van der Waals surface area contributed by atoms with Crippen molar-refractivity contribution in [3.8, 4) is 11.5 Å². The van der Waals surface area contributed by atoms with Crippen molar-refractivity contribution in [1.29, 1.82) is 0 Å². The number of H-pyrrole nitrogens is 1. The number of nitrogens with one attached hydrogen (secondary N) is 2. The van der Waals surface area contributed by atoms with E-state index in [1.807, 2.05) is 6.92 Å². The van der Waals surface area contributed by atoms with Crippen LogP contribution in [0.15, 0.2) is 30.9 Å². The van der Waals surface area contributed by atoms with E-state index in [1.54, 1.807) is 12.7 Å². The van der Waals surface area contributed by atoms with Crippen molar-refractivity contribution >= 4 is 23.1 Å². The molecule has 32 heavy (non-hydrogen) atoms. The summed E-state index contributed by atoms with van der Waals surface area (Å²) in [5, 5.41) is 3.57. The van der Waals surface area contributed by atoms with Gasteiger partial charge in [0.25, 0.3) is 0 Å². The Morgan fingerprint density at radius 1 is 1.22 bits per heavy atom. The van der Waals surface area contributed by atoms with Crippen LogP contribution in [0.4, 0.5) is 5.82 Å². The highest BCUT2D eigenvalue weighted by Gasteiger charge is 2.26. The molecule has 3 aromatic rings. The molecule has 2 N–H and O–H groups in total. The standard InChI is InChI=1S/C24H30N6O2/c1-4-31-19-12-16(11-17-5-8-24(2,3)32-21(17)19)13-30-9-6-18(7-10-30)29-23-20-22(26-14-25-20)27-15-28-23/h5,8,11-12,14-15,18H,4,6-7,9-10,13H2,1-3H3,(H2,25,26,27,28,29). The Balaban J connectivity index is 1.24. The van der Waals surface area contributed by atoms with Crippen LogP contribution < -0.4 is 14.8 Å². The fraction of sp³-hybridized carbons (Fsp3) is 0.458. The maximum atomic E-state index is 6.19. The summed E-state index contributed by atoms with van der Waals surface area (Å²) in [4.78, 5) is 18.4. The normalized spacial score (nSPS) is 18.3. The van der Waals surface area contributed by atoms with Crippen LogP contribution in [0.25, 0.3) is 17.2 Å². The quantitative estimate of drug-likeness (QED) is 0.606. The number of benzene rings is 1. The molecule has 0 saturated carbocycles. The van der Waals surface area contributed by atoms with Gasteiger partial charge in [0.1, 0.15) is 17.4 Å². The zero-order valence-corrected chi connectivity index (χ0v) is 18.9. The van der Waals surface area contributed by atoms with E-state index in [0.717, 1.165) is 60.9 Å². The largest absolute Gasteiger partial charge is 0.490 e. The first-order valence-electron chi connectivity index (χ1n) is 11.3. The summed E-state index contributed by atoms with van der Waals surface area (Å²) in [6, 6.07) is 4.75. The van der Waals surface area contributed by atoms with E-state index in [4.69, 9.17) is 9.47 Å². The van der Waals surface area contributed by atoms with Gasteiger partial charge in [0, 0.05) is 31.2 Å². The monoisotopic (exact) mass is 434 g/mol. The minimum absolute atomic E-state index is 0.319. The van der Waals surface area contributed by atoms with Gasteiger partial charge in [-0.25, -0.2) is 15.0 Å². The second-order valence-corrected chi connectivity index (χ2v) is 9.00. The molecule has 8 heteroatoms. The Bertz CT molecular complexity index is 1130.